The summed E-state index contributed by atoms with van der Waals surface area (Å²) in [6.07, 6.45) is 10.3. The van der Waals surface area contributed by atoms with Gasteiger partial charge in [-0.15, -0.1) is 0 Å². The smallest absolute Gasteiger partial charge is 0.197 e. The maximum atomic E-state index is 13.2. The molecule has 2 aromatic carbocycles. The SMILES string of the molecule is Cn1cc(-c2ccccc2)c(=O)c(-c2cccc(OCC3CCCCC3)c2)c1. The first kappa shape index (κ1) is 18.5. The number of rotatable bonds is 5. The highest BCUT2D eigenvalue weighted by atomic mass is 16.5. The van der Waals surface area contributed by atoms with Crippen LogP contribution in [0.15, 0.2) is 71.8 Å². The van der Waals surface area contributed by atoms with Crippen molar-refractivity contribution in [1.29, 1.82) is 0 Å². The van der Waals surface area contributed by atoms with Gasteiger partial charge in [0.05, 0.1) is 6.61 Å². The van der Waals surface area contributed by atoms with E-state index in [4.69, 9.17) is 4.74 Å². The lowest BCUT2D eigenvalue weighted by Crippen LogP contribution is -2.15. The standard InChI is InChI=1S/C25H27NO2/c1-26-16-23(20-11-6-3-7-12-20)25(27)24(17-26)21-13-8-14-22(15-21)28-18-19-9-4-2-5-10-19/h3,6-8,11-17,19H,2,4-5,9-10,18H2,1H3. The van der Waals surface area contributed by atoms with Gasteiger partial charge in [0.15, 0.2) is 5.43 Å². The Bertz CT molecular complexity index is 985. The first-order chi connectivity index (χ1) is 13.7. The van der Waals surface area contributed by atoms with E-state index in [9.17, 15) is 4.79 Å². The van der Waals surface area contributed by atoms with E-state index in [2.05, 4.69) is 0 Å². The van der Waals surface area contributed by atoms with Gasteiger partial charge in [-0.2, -0.15) is 0 Å². The van der Waals surface area contributed by atoms with Crippen LogP contribution >= 0.6 is 0 Å². The van der Waals surface area contributed by atoms with Crippen molar-refractivity contribution in [3.63, 3.8) is 0 Å². The monoisotopic (exact) mass is 373 g/mol. The highest BCUT2D eigenvalue weighted by Gasteiger charge is 2.15. The summed E-state index contributed by atoms with van der Waals surface area (Å²) in [5, 5.41) is 0. The van der Waals surface area contributed by atoms with Crippen LogP contribution in [0.1, 0.15) is 32.1 Å². The summed E-state index contributed by atoms with van der Waals surface area (Å²) in [6.45, 7) is 0.769. The molecule has 4 rings (SSSR count). The molecule has 3 heteroatoms. The second-order valence-corrected chi connectivity index (χ2v) is 7.79. The maximum absolute atomic E-state index is 13.2. The van der Waals surface area contributed by atoms with Crippen LogP contribution in [-0.2, 0) is 7.05 Å². The molecule has 1 heterocycles. The van der Waals surface area contributed by atoms with Crippen LogP contribution < -0.4 is 10.2 Å². The van der Waals surface area contributed by atoms with Gasteiger partial charge in [0.1, 0.15) is 5.75 Å². The van der Waals surface area contributed by atoms with Crippen molar-refractivity contribution in [3.8, 4) is 28.0 Å². The summed E-state index contributed by atoms with van der Waals surface area (Å²) in [5.74, 6) is 1.50. The van der Waals surface area contributed by atoms with Crippen LogP contribution in [0.5, 0.6) is 5.75 Å². The Morgan fingerprint density at radius 1 is 0.893 bits per heavy atom. The molecule has 0 amide bonds. The van der Waals surface area contributed by atoms with E-state index in [1.54, 1.807) is 0 Å². The van der Waals surface area contributed by atoms with E-state index in [0.717, 1.165) is 23.5 Å². The lowest BCUT2D eigenvalue weighted by atomic mass is 9.90. The normalized spacial score (nSPS) is 14.8. The van der Waals surface area contributed by atoms with Crippen LogP contribution in [0.4, 0.5) is 0 Å². The molecule has 0 atom stereocenters. The van der Waals surface area contributed by atoms with E-state index in [-0.39, 0.29) is 5.43 Å². The van der Waals surface area contributed by atoms with E-state index < -0.39 is 0 Å². The number of pyridine rings is 1. The molecular formula is C25H27NO2. The molecule has 0 aliphatic heterocycles. The van der Waals surface area contributed by atoms with Gasteiger partial charge in [-0.25, -0.2) is 0 Å². The minimum atomic E-state index is 0.0498. The zero-order chi connectivity index (χ0) is 19.3. The summed E-state index contributed by atoms with van der Waals surface area (Å²) in [7, 11) is 1.96. The van der Waals surface area contributed by atoms with Gasteiger partial charge in [-0.05, 0) is 42.0 Å². The van der Waals surface area contributed by atoms with Crippen LogP contribution in [0.2, 0.25) is 0 Å². The molecule has 0 radical (unpaired) electrons. The van der Waals surface area contributed by atoms with E-state index >= 15 is 0 Å². The molecule has 0 saturated heterocycles. The van der Waals surface area contributed by atoms with E-state index in [1.165, 1.54) is 32.1 Å². The van der Waals surface area contributed by atoms with Crippen LogP contribution in [0, 0.1) is 5.92 Å². The third-order valence-electron chi connectivity index (χ3n) is 5.60. The Morgan fingerprint density at radius 3 is 2.32 bits per heavy atom. The molecule has 0 unspecified atom stereocenters. The third kappa shape index (κ3) is 4.19. The number of aromatic nitrogens is 1. The molecule has 1 aliphatic carbocycles. The van der Waals surface area contributed by atoms with Crippen molar-refractivity contribution >= 4 is 0 Å². The van der Waals surface area contributed by atoms with E-state index in [0.29, 0.717) is 17.0 Å². The fourth-order valence-electron chi connectivity index (χ4n) is 4.06. The van der Waals surface area contributed by atoms with Crippen molar-refractivity contribution < 1.29 is 4.74 Å². The van der Waals surface area contributed by atoms with E-state index in [1.807, 2.05) is 78.6 Å². The van der Waals surface area contributed by atoms with Crippen LogP contribution in [0.3, 0.4) is 0 Å². The molecule has 1 aromatic heterocycles. The fourth-order valence-corrected chi connectivity index (χ4v) is 4.06. The van der Waals surface area contributed by atoms with Crippen molar-refractivity contribution in [2.45, 2.75) is 32.1 Å². The second kappa shape index (κ2) is 8.47. The second-order valence-electron chi connectivity index (χ2n) is 7.79. The summed E-state index contributed by atoms with van der Waals surface area (Å²) in [5.41, 5.74) is 3.31. The van der Waals surface area contributed by atoms with Crippen molar-refractivity contribution in [2.75, 3.05) is 6.61 Å². The number of ether oxygens (including phenoxy) is 1. The van der Waals surface area contributed by atoms with Crippen LogP contribution in [-0.4, -0.2) is 11.2 Å². The zero-order valence-corrected chi connectivity index (χ0v) is 16.4. The van der Waals surface area contributed by atoms with Gasteiger partial charge in [-0.1, -0.05) is 61.7 Å². The molecule has 28 heavy (non-hydrogen) atoms. The van der Waals surface area contributed by atoms with Crippen molar-refractivity contribution in [1.82, 2.24) is 4.57 Å². The van der Waals surface area contributed by atoms with Gasteiger partial charge in [-0.3, -0.25) is 4.79 Å². The fraction of sp³-hybridized carbons (Fsp3) is 0.320. The van der Waals surface area contributed by atoms with Gasteiger partial charge in [0.25, 0.3) is 0 Å². The highest BCUT2D eigenvalue weighted by Crippen LogP contribution is 2.27. The topological polar surface area (TPSA) is 31.2 Å². The Kier molecular flexibility index (Phi) is 5.61. The molecule has 0 N–H and O–H groups in total. The number of hydrogen-bond acceptors (Lipinski definition) is 2. The third-order valence-corrected chi connectivity index (χ3v) is 5.60. The predicted molar refractivity (Wildman–Crippen MR) is 115 cm³/mol. The minimum Gasteiger partial charge on any atom is -0.493 e. The molecule has 1 aliphatic rings. The van der Waals surface area contributed by atoms with Gasteiger partial charge in [0, 0.05) is 30.6 Å². The predicted octanol–water partition coefficient (Wildman–Crippen LogP) is 5.68. The lowest BCUT2D eigenvalue weighted by Gasteiger charge is -2.21. The molecule has 0 spiro atoms. The average molecular weight is 373 g/mol. The molecule has 144 valence electrons. The highest BCUT2D eigenvalue weighted by molar-refractivity contribution is 5.72. The Labute approximate surface area is 166 Å². The van der Waals surface area contributed by atoms with Gasteiger partial charge in [0.2, 0.25) is 0 Å². The molecule has 0 bridgehead atoms. The number of aryl methyl sites for hydroxylation is 1. The molecule has 1 fully saturated rings. The first-order valence-corrected chi connectivity index (χ1v) is 10.2. The number of nitrogens with zero attached hydrogens (tertiary/aromatic N) is 1. The van der Waals surface area contributed by atoms with Gasteiger partial charge < -0.3 is 9.30 Å². The minimum absolute atomic E-state index is 0.0498. The van der Waals surface area contributed by atoms with Gasteiger partial charge >= 0.3 is 0 Å². The molecule has 3 aromatic rings. The first-order valence-electron chi connectivity index (χ1n) is 10.2. The van der Waals surface area contributed by atoms with Crippen LogP contribution in [0.25, 0.3) is 22.3 Å². The number of benzene rings is 2. The zero-order valence-electron chi connectivity index (χ0n) is 16.4. The Morgan fingerprint density at radius 2 is 1.57 bits per heavy atom. The number of hydrogen-bond donors (Lipinski definition) is 0. The largest absolute Gasteiger partial charge is 0.493 e. The maximum Gasteiger partial charge on any atom is 0.197 e. The summed E-state index contributed by atoms with van der Waals surface area (Å²) < 4.78 is 8.04. The summed E-state index contributed by atoms with van der Waals surface area (Å²) >= 11 is 0. The summed E-state index contributed by atoms with van der Waals surface area (Å²) in [4.78, 5) is 13.2. The Hall–Kier alpha value is -2.81. The molecule has 3 nitrogen and oxygen atoms in total. The lowest BCUT2D eigenvalue weighted by molar-refractivity contribution is 0.209. The van der Waals surface area contributed by atoms with Crippen molar-refractivity contribution in [2.24, 2.45) is 13.0 Å². The average Bonchev–Trinajstić information content (AvgIpc) is 2.75. The molecule has 1 saturated carbocycles. The molecular weight excluding hydrogens is 346 g/mol. The van der Waals surface area contributed by atoms with Crippen molar-refractivity contribution in [3.05, 3.63) is 77.2 Å². The Balaban J connectivity index is 1.62. The summed E-state index contributed by atoms with van der Waals surface area (Å²) in [6, 6.07) is 17.8. The quantitative estimate of drug-likeness (QED) is 0.576.